The third-order valence-electron chi connectivity index (χ3n) is 4.28. The van der Waals surface area contributed by atoms with Crippen LogP contribution in [0.15, 0.2) is 18.2 Å². The van der Waals surface area contributed by atoms with Gasteiger partial charge >= 0.3 is 0 Å². The predicted molar refractivity (Wildman–Crippen MR) is 76.2 cm³/mol. The normalized spacial score (nSPS) is 20.4. The summed E-state index contributed by atoms with van der Waals surface area (Å²) in [4.78, 5) is 12.1. The highest BCUT2D eigenvalue weighted by atomic mass is 16.5. The Bertz CT molecular complexity index is 506. The van der Waals surface area contributed by atoms with Crippen molar-refractivity contribution in [1.29, 1.82) is 0 Å². The van der Waals surface area contributed by atoms with Crippen LogP contribution in [0.3, 0.4) is 0 Å². The molecule has 2 N–H and O–H groups in total. The smallest absolute Gasteiger partial charge is 0.227 e. The largest absolute Gasteiger partial charge is 0.389 e. The van der Waals surface area contributed by atoms with Crippen LogP contribution < -0.4 is 5.32 Å². The predicted octanol–water partition coefficient (Wildman–Crippen LogP) is 2.74. The molecule has 1 aliphatic carbocycles. The van der Waals surface area contributed by atoms with Gasteiger partial charge < -0.3 is 15.2 Å². The Hall–Kier alpha value is -1.39. The topological polar surface area (TPSA) is 58.6 Å². The zero-order chi connectivity index (χ0) is 14.0. The molecular weight excluding hydrogens is 254 g/mol. The van der Waals surface area contributed by atoms with Gasteiger partial charge in [0, 0.05) is 5.69 Å². The number of rotatable bonds is 3. The van der Waals surface area contributed by atoms with E-state index in [4.69, 9.17) is 4.74 Å². The lowest BCUT2D eigenvalue weighted by Crippen LogP contribution is -2.35. The maximum atomic E-state index is 12.1. The van der Waals surface area contributed by atoms with E-state index in [-0.39, 0.29) is 12.3 Å². The molecule has 1 aliphatic heterocycles. The highest BCUT2D eigenvalue weighted by molar-refractivity contribution is 5.91. The summed E-state index contributed by atoms with van der Waals surface area (Å²) in [5, 5.41) is 13.3. The van der Waals surface area contributed by atoms with Crippen molar-refractivity contribution in [2.45, 2.75) is 57.3 Å². The lowest BCUT2D eigenvalue weighted by atomic mass is 9.82. The van der Waals surface area contributed by atoms with E-state index in [0.717, 1.165) is 43.4 Å². The summed E-state index contributed by atoms with van der Waals surface area (Å²) < 4.78 is 5.36. The Morgan fingerprint density at radius 2 is 1.95 bits per heavy atom. The number of hydrogen-bond acceptors (Lipinski definition) is 3. The highest BCUT2D eigenvalue weighted by Gasteiger charge is 2.31. The molecule has 4 heteroatoms. The molecule has 1 saturated carbocycles. The van der Waals surface area contributed by atoms with Gasteiger partial charge in [-0.1, -0.05) is 25.3 Å². The van der Waals surface area contributed by atoms with Gasteiger partial charge in [-0.2, -0.15) is 0 Å². The number of carbonyl (C=O) groups excluding carboxylic acids is 1. The number of anilines is 1. The van der Waals surface area contributed by atoms with Gasteiger partial charge in [-0.3, -0.25) is 4.79 Å². The molecule has 4 nitrogen and oxygen atoms in total. The number of nitrogens with one attached hydrogen (secondary N) is 1. The quantitative estimate of drug-likeness (QED) is 0.891. The number of fused-ring (bicyclic) bond motifs is 1. The van der Waals surface area contributed by atoms with Gasteiger partial charge in [0.2, 0.25) is 5.91 Å². The van der Waals surface area contributed by atoms with E-state index in [1.807, 2.05) is 18.2 Å². The summed E-state index contributed by atoms with van der Waals surface area (Å²) in [5.74, 6) is -0.103. The maximum absolute atomic E-state index is 12.1. The van der Waals surface area contributed by atoms with E-state index < -0.39 is 5.60 Å². The Morgan fingerprint density at radius 3 is 2.75 bits per heavy atom. The van der Waals surface area contributed by atoms with Crippen molar-refractivity contribution in [3.8, 4) is 0 Å². The third-order valence-corrected chi connectivity index (χ3v) is 4.28. The van der Waals surface area contributed by atoms with Gasteiger partial charge in [-0.15, -0.1) is 0 Å². The molecule has 1 aromatic carbocycles. The zero-order valence-corrected chi connectivity index (χ0v) is 11.7. The summed E-state index contributed by atoms with van der Waals surface area (Å²) in [6.45, 7) is 1.27. The van der Waals surface area contributed by atoms with E-state index >= 15 is 0 Å². The molecule has 108 valence electrons. The first kappa shape index (κ1) is 13.6. The lowest BCUT2D eigenvalue weighted by molar-refractivity contribution is -0.122. The second kappa shape index (κ2) is 5.54. The van der Waals surface area contributed by atoms with E-state index in [1.54, 1.807) is 0 Å². The van der Waals surface area contributed by atoms with Gasteiger partial charge in [0.15, 0.2) is 0 Å². The second-order valence-corrected chi connectivity index (χ2v) is 5.99. The minimum atomic E-state index is -0.803. The minimum Gasteiger partial charge on any atom is -0.389 e. The van der Waals surface area contributed by atoms with Crippen molar-refractivity contribution in [3.05, 3.63) is 29.3 Å². The molecule has 0 radical (unpaired) electrons. The number of ether oxygens (including phenoxy) is 1. The first-order chi connectivity index (χ1) is 9.65. The molecule has 1 aromatic rings. The summed E-state index contributed by atoms with van der Waals surface area (Å²) in [6.07, 6.45) is 4.85. The molecule has 1 fully saturated rings. The monoisotopic (exact) mass is 275 g/mol. The Morgan fingerprint density at radius 1 is 1.20 bits per heavy atom. The maximum Gasteiger partial charge on any atom is 0.227 e. The van der Waals surface area contributed by atoms with Gasteiger partial charge in [0.05, 0.1) is 25.2 Å². The molecule has 1 amide bonds. The molecule has 20 heavy (non-hydrogen) atoms. The molecule has 0 unspecified atom stereocenters. The number of hydrogen-bond donors (Lipinski definition) is 2. The van der Waals surface area contributed by atoms with Crippen molar-refractivity contribution in [2.75, 3.05) is 5.32 Å². The minimum absolute atomic E-state index is 0.103. The van der Waals surface area contributed by atoms with E-state index in [2.05, 4.69) is 5.32 Å². The fourth-order valence-corrected chi connectivity index (χ4v) is 3.14. The fraction of sp³-hybridized carbons (Fsp3) is 0.562. The first-order valence-corrected chi connectivity index (χ1v) is 7.36. The first-order valence-electron chi connectivity index (χ1n) is 7.36. The number of benzene rings is 1. The second-order valence-electron chi connectivity index (χ2n) is 5.99. The van der Waals surface area contributed by atoms with E-state index in [9.17, 15) is 9.90 Å². The van der Waals surface area contributed by atoms with Crippen LogP contribution in [-0.2, 0) is 22.7 Å². The SMILES string of the molecule is O=C(CC1(O)CCCCC1)Nc1ccc2c(c1)COC2. The molecule has 0 bridgehead atoms. The molecule has 1 heterocycles. The van der Waals surface area contributed by atoms with Crippen molar-refractivity contribution in [1.82, 2.24) is 0 Å². The summed E-state index contributed by atoms with van der Waals surface area (Å²) in [7, 11) is 0. The van der Waals surface area contributed by atoms with Gasteiger partial charge in [-0.05, 0) is 36.1 Å². The molecule has 0 spiro atoms. The molecule has 3 rings (SSSR count). The van der Waals surface area contributed by atoms with Crippen molar-refractivity contribution >= 4 is 11.6 Å². The van der Waals surface area contributed by atoms with Crippen LogP contribution >= 0.6 is 0 Å². The van der Waals surface area contributed by atoms with Crippen LogP contribution in [0, 0.1) is 0 Å². The Labute approximate surface area is 119 Å². The standard InChI is InChI=1S/C16H21NO3/c18-15(9-16(19)6-2-1-3-7-16)17-14-5-4-12-10-20-11-13(12)8-14/h4-5,8,19H,1-3,6-7,9-11H2,(H,17,18). The van der Waals surface area contributed by atoms with Crippen LogP contribution in [0.5, 0.6) is 0 Å². The van der Waals surface area contributed by atoms with Gasteiger partial charge in [0.1, 0.15) is 0 Å². The van der Waals surface area contributed by atoms with Crippen molar-refractivity contribution in [2.24, 2.45) is 0 Å². The van der Waals surface area contributed by atoms with Crippen molar-refractivity contribution in [3.63, 3.8) is 0 Å². The molecule has 0 aromatic heterocycles. The summed E-state index contributed by atoms with van der Waals surface area (Å²) in [5.41, 5.74) is 2.31. The molecule has 0 saturated heterocycles. The molecular formula is C16H21NO3. The lowest BCUT2D eigenvalue weighted by Gasteiger charge is -2.31. The van der Waals surface area contributed by atoms with Crippen LogP contribution in [0.25, 0.3) is 0 Å². The zero-order valence-electron chi connectivity index (χ0n) is 11.7. The van der Waals surface area contributed by atoms with Crippen LogP contribution in [0.4, 0.5) is 5.69 Å². The van der Waals surface area contributed by atoms with Crippen LogP contribution in [0.2, 0.25) is 0 Å². The third kappa shape index (κ3) is 3.02. The summed E-state index contributed by atoms with van der Waals surface area (Å²) in [6, 6.07) is 5.86. The Balaban J connectivity index is 1.61. The highest BCUT2D eigenvalue weighted by Crippen LogP contribution is 2.31. The van der Waals surface area contributed by atoms with Gasteiger partial charge in [-0.25, -0.2) is 0 Å². The number of carbonyl (C=O) groups is 1. The number of aliphatic hydroxyl groups is 1. The van der Waals surface area contributed by atoms with Crippen LogP contribution in [-0.4, -0.2) is 16.6 Å². The van der Waals surface area contributed by atoms with E-state index in [1.165, 1.54) is 5.56 Å². The fourth-order valence-electron chi connectivity index (χ4n) is 3.14. The Kier molecular flexibility index (Phi) is 3.76. The average molecular weight is 275 g/mol. The molecule has 2 aliphatic rings. The van der Waals surface area contributed by atoms with Crippen LogP contribution in [0.1, 0.15) is 49.7 Å². The average Bonchev–Trinajstić information content (AvgIpc) is 2.86. The van der Waals surface area contributed by atoms with E-state index in [0.29, 0.717) is 13.2 Å². The van der Waals surface area contributed by atoms with Gasteiger partial charge in [0.25, 0.3) is 0 Å². The summed E-state index contributed by atoms with van der Waals surface area (Å²) >= 11 is 0. The molecule has 0 atom stereocenters. The number of amides is 1. The van der Waals surface area contributed by atoms with Crippen molar-refractivity contribution < 1.29 is 14.6 Å².